The molecule has 1 amide bonds. The zero-order valence-corrected chi connectivity index (χ0v) is 14.9. The first-order chi connectivity index (χ1) is 11.4. The van der Waals surface area contributed by atoms with E-state index in [0.717, 1.165) is 44.5 Å². The van der Waals surface area contributed by atoms with Crippen LogP contribution in [0, 0.1) is 0 Å². The van der Waals surface area contributed by atoms with E-state index in [9.17, 15) is 4.79 Å². The van der Waals surface area contributed by atoms with Crippen LogP contribution >= 0.6 is 0 Å². The molecule has 0 aromatic heterocycles. The number of amides is 1. The van der Waals surface area contributed by atoms with Gasteiger partial charge in [-0.15, -0.1) is 0 Å². The number of nitrogens with one attached hydrogen (secondary N) is 2. The Balaban J connectivity index is 1.48. The number of ether oxygens (including phenoxy) is 2. The molecule has 0 bridgehead atoms. The molecule has 1 fully saturated rings. The molecule has 1 aliphatic heterocycles. The fourth-order valence-corrected chi connectivity index (χ4v) is 3.43. The van der Waals surface area contributed by atoms with Crippen molar-refractivity contribution in [3.8, 4) is 5.75 Å². The average Bonchev–Trinajstić information content (AvgIpc) is 2.97. The lowest BCUT2D eigenvalue weighted by Gasteiger charge is -2.31. The molecule has 24 heavy (non-hydrogen) atoms. The number of fused-ring (bicyclic) bond motifs is 1. The van der Waals surface area contributed by atoms with Crippen molar-refractivity contribution in [2.24, 2.45) is 0 Å². The molecule has 0 unspecified atom stereocenters. The highest BCUT2D eigenvalue weighted by atomic mass is 16.6. The smallest absolute Gasteiger partial charge is 0.407 e. The molecule has 0 radical (unpaired) electrons. The van der Waals surface area contributed by atoms with E-state index in [2.05, 4.69) is 16.7 Å². The highest BCUT2D eigenvalue weighted by Gasteiger charge is 2.25. The second kappa shape index (κ2) is 6.91. The Morgan fingerprint density at radius 3 is 2.58 bits per heavy atom. The molecular formula is C19H28N2O3. The Bertz CT molecular complexity index is 587. The molecule has 0 saturated heterocycles. The molecule has 1 aromatic carbocycles. The summed E-state index contributed by atoms with van der Waals surface area (Å²) in [6.45, 7) is 6.43. The molecule has 1 aliphatic carbocycles. The number of hydrogen-bond donors (Lipinski definition) is 2. The van der Waals surface area contributed by atoms with E-state index in [1.165, 1.54) is 11.3 Å². The average molecular weight is 332 g/mol. The van der Waals surface area contributed by atoms with Gasteiger partial charge in [0.05, 0.1) is 6.61 Å². The first kappa shape index (κ1) is 16.9. The lowest BCUT2D eigenvalue weighted by atomic mass is 9.91. The van der Waals surface area contributed by atoms with Gasteiger partial charge in [0, 0.05) is 29.8 Å². The summed E-state index contributed by atoms with van der Waals surface area (Å²) in [5, 5.41) is 6.66. The number of carbonyl (C=O) groups is 1. The third-order valence-corrected chi connectivity index (χ3v) is 4.55. The number of benzene rings is 1. The van der Waals surface area contributed by atoms with Crippen LogP contribution in [-0.2, 0) is 11.2 Å². The number of carbonyl (C=O) groups excluding carboxylic acids is 1. The lowest BCUT2D eigenvalue weighted by Crippen LogP contribution is -2.42. The van der Waals surface area contributed by atoms with Crippen molar-refractivity contribution in [2.75, 3.05) is 11.9 Å². The molecule has 5 nitrogen and oxygen atoms in total. The van der Waals surface area contributed by atoms with Gasteiger partial charge in [-0.3, -0.25) is 0 Å². The highest BCUT2D eigenvalue weighted by Crippen LogP contribution is 2.33. The first-order valence-corrected chi connectivity index (χ1v) is 8.91. The normalized spacial score (nSPS) is 23.1. The Hall–Kier alpha value is -1.91. The predicted molar refractivity (Wildman–Crippen MR) is 94.7 cm³/mol. The van der Waals surface area contributed by atoms with Crippen molar-refractivity contribution in [1.82, 2.24) is 5.32 Å². The van der Waals surface area contributed by atoms with Gasteiger partial charge in [0.15, 0.2) is 0 Å². The van der Waals surface area contributed by atoms with Crippen LogP contribution in [0.25, 0.3) is 0 Å². The van der Waals surface area contributed by atoms with Crippen LogP contribution in [0.5, 0.6) is 5.75 Å². The summed E-state index contributed by atoms with van der Waals surface area (Å²) in [4.78, 5) is 11.9. The summed E-state index contributed by atoms with van der Waals surface area (Å²) in [5.41, 5.74) is 2.05. The minimum atomic E-state index is -0.446. The number of alkyl carbamates (subject to hydrolysis) is 1. The fraction of sp³-hybridized carbons (Fsp3) is 0.632. The molecule has 132 valence electrons. The molecule has 1 aromatic rings. The molecular weight excluding hydrogens is 304 g/mol. The molecule has 1 saturated carbocycles. The first-order valence-electron chi connectivity index (χ1n) is 8.91. The number of rotatable bonds is 3. The topological polar surface area (TPSA) is 59.6 Å². The summed E-state index contributed by atoms with van der Waals surface area (Å²) in [5.74, 6) is 1.01. The summed E-state index contributed by atoms with van der Waals surface area (Å²) in [6, 6.07) is 6.88. The van der Waals surface area contributed by atoms with Crippen molar-refractivity contribution >= 4 is 11.8 Å². The maximum absolute atomic E-state index is 11.9. The van der Waals surface area contributed by atoms with Crippen LogP contribution in [0.3, 0.4) is 0 Å². The van der Waals surface area contributed by atoms with Crippen LogP contribution in [0.15, 0.2) is 18.2 Å². The second-order valence-electron chi connectivity index (χ2n) is 7.72. The Morgan fingerprint density at radius 1 is 1.17 bits per heavy atom. The van der Waals surface area contributed by atoms with E-state index in [1.807, 2.05) is 32.9 Å². The molecule has 2 aliphatic rings. The fourth-order valence-electron chi connectivity index (χ4n) is 3.43. The van der Waals surface area contributed by atoms with E-state index in [0.29, 0.717) is 6.04 Å². The van der Waals surface area contributed by atoms with E-state index in [1.54, 1.807) is 0 Å². The van der Waals surface area contributed by atoms with Gasteiger partial charge in [-0.1, -0.05) is 6.07 Å². The molecule has 1 heterocycles. The Labute approximate surface area is 144 Å². The molecule has 0 spiro atoms. The zero-order chi connectivity index (χ0) is 17.2. The van der Waals surface area contributed by atoms with Gasteiger partial charge in [0.1, 0.15) is 11.4 Å². The van der Waals surface area contributed by atoms with Crippen LogP contribution in [-0.4, -0.2) is 30.4 Å². The van der Waals surface area contributed by atoms with Crippen LogP contribution < -0.4 is 15.4 Å². The van der Waals surface area contributed by atoms with E-state index < -0.39 is 5.60 Å². The minimum Gasteiger partial charge on any atom is -0.493 e. The van der Waals surface area contributed by atoms with Crippen molar-refractivity contribution in [1.29, 1.82) is 0 Å². The van der Waals surface area contributed by atoms with Gasteiger partial charge >= 0.3 is 6.09 Å². The molecule has 2 N–H and O–H groups in total. The maximum atomic E-state index is 11.9. The minimum absolute atomic E-state index is 0.211. The zero-order valence-electron chi connectivity index (χ0n) is 14.9. The van der Waals surface area contributed by atoms with Crippen molar-refractivity contribution in [3.63, 3.8) is 0 Å². The Kier molecular flexibility index (Phi) is 4.88. The molecule has 0 atom stereocenters. The van der Waals surface area contributed by atoms with Gasteiger partial charge in [0.2, 0.25) is 0 Å². The lowest BCUT2D eigenvalue weighted by molar-refractivity contribution is 0.0492. The Morgan fingerprint density at radius 2 is 1.88 bits per heavy atom. The molecule has 5 heteroatoms. The van der Waals surface area contributed by atoms with Crippen molar-refractivity contribution in [2.45, 2.75) is 70.6 Å². The van der Waals surface area contributed by atoms with Crippen LogP contribution in [0.1, 0.15) is 52.0 Å². The highest BCUT2D eigenvalue weighted by molar-refractivity contribution is 5.68. The largest absolute Gasteiger partial charge is 0.493 e. The van der Waals surface area contributed by atoms with Crippen molar-refractivity contribution in [3.05, 3.63) is 23.8 Å². The third kappa shape index (κ3) is 4.34. The van der Waals surface area contributed by atoms with Gasteiger partial charge in [-0.25, -0.2) is 4.79 Å². The quantitative estimate of drug-likeness (QED) is 0.882. The van der Waals surface area contributed by atoms with E-state index in [4.69, 9.17) is 9.47 Å². The van der Waals surface area contributed by atoms with Gasteiger partial charge in [-0.05, 0) is 58.6 Å². The van der Waals surface area contributed by atoms with Gasteiger partial charge < -0.3 is 20.1 Å². The van der Waals surface area contributed by atoms with Gasteiger partial charge in [-0.2, -0.15) is 0 Å². The van der Waals surface area contributed by atoms with E-state index >= 15 is 0 Å². The standard InChI is InChI=1S/C19H28N2O3/c1-19(2,3)24-18(22)21-14-9-7-13(8-10-14)20-16-5-4-6-17-15(16)11-12-23-17/h4-6,13-14,20H,7-12H2,1-3H3,(H,21,22). The van der Waals surface area contributed by atoms with Gasteiger partial charge in [0.25, 0.3) is 0 Å². The molecule has 3 rings (SSSR count). The monoisotopic (exact) mass is 332 g/mol. The van der Waals surface area contributed by atoms with E-state index in [-0.39, 0.29) is 12.1 Å². The van der Waals surface area contributed by atoms with Crippen LogP contribution in [0.2, 0.25) is 0 Å². The summed E-state index contributed by atoms with van der Waals surface area (Å²) < 4.78 is 11.0. The van der Waals surface area contributed by atoms with Crippen molar-refractivity contribution < 1.29 is 14.3 Å². The number of anilines is 1. The second-order valence-corrected chi connectivity index (χ2v) is 7.72. The predicted octanol–water partition coefficient (Wildman–Crippen LogP) is 3.87. The van der Waals surface area contributed by atoms with Crippen LogP contribution in [0.4, 0.5) is 10.5 Å². The SMILES string of the molecule is CC(C)(C)OC(=O)NC1CCC(Nc2cccc3c2CCO3)CC1. The summed E-state index contributed by atoms with van der Waals surface area (Å²) in [6.07, 6.45) is 4.71. The summed E-state index contributed by atoms with van der Waals surface area (Å²) >= 11 is 0. The summed E-state index contributed by atoms with van der Waals surface area (Å²) in [7, 11) is 0. The number of hydrogen-bond acceptors (Lipinski definition) is 4. The maximum Gasteiger partial charge on any atom is 0.407 e. The third-order valence-electron chi connectivity index (χ3n) is 4.55.